The van der Waals surface area contributed by atoms with Gasteiger partial charge in [0.25, 0.3) is 0 Å². The molecular formula is C16H18ClN3OS. The average Bonchev–Trinajstić information content (AvgIpc) is 3.19. The monoisotopic (exact) mass is 335 g/mol. The lowest BCUT2D eigenvalue weighted by atomic mass is 10.2. The van der Waals surface area contributed by atoms with Crippen LogP contribution in [0.3, 0.4) is 0 Å². The van der Waals surface area contributed by atoms with Crippen molar-refractivity contribution in [1.82, 2.24) is 4.98 Å². The van der Waals surface area contributed by atoms with Crippen molar-refractivity contribution in [3.63, 3.8) is 0 Å². The summed E-state index contributed by atoms with van der Waals surface area (Å²) in [6, 6.07) is 5.74. The fraction of sp³-hybridized carbons (Fsp3) is 0.375. The number of aromatic nitrogens is 1. The van der Waals surface area contributed by atoms with Gasteiger partial charge in [-0.3, -0.25) is 4.79 Å². The van der Waals surface area contributed by atoms with E-state index in [1.165, 1.54) is 12.8 Å². The minimum atomic E-state index is -0.0137. The molecule has 0 atom stereocenters. The van der Waals surface area contributed by atoms with Gasteiger partial charge < -0.3 is 10.2 Å². The molecule has 1 amide bonds. The van der Waals surface area contributed by atoms with Gasteiger partial charge in [-0.05, 0) is 31.0 Å². The van der Waals surface area contributed by atoms with Crippen molar-refractivity contribution in [2.45, 2.75) is 25.7 Å². The molecule has 0 spiro atoms. The molecule has 1 aliphatic rings. The van der Waals surface area contributed by atoms with Gasteiger partial charge in [-0.15, -0.1) is 11.3 Å². The van der Waals surface area contributed by atoms with Crippen LogP contribution in [-0.2, 0) is 11.2 Å². The third-order valence-corrected chi connectivity index (χ3v) is 4.87. The lowest BCUT2D eigenvalue weighted by Crippen LogP contribution is -2.18. The van der Waals surface area contributed by atoms with Gasteiger partial charge in [-0.1, -0.05) is 11.6 Å². The van der Waals surface area contributed by atoms with E-state index in [4.69, 9.17) is 11.6 Å². The SMILES string of the molecule is O=C(CCc1nccs1)Nc1ccc(N2CCCC2)c(Cl)c1. The summed E-state index contributed by atoms with van der Waals surface area (Å²) in [4.78, 5) is 18.4. The van der Waals surface area contributed by atoms with E-state index >= 15 is 0 Å². The Morgan fingerprint density at radius 3 is 2.86 bits per heavy atom. The molecule has 6 heteroatoms. The molecule has 4 nitrogen and oxygen atoms in total. The van der Waals surface area contributed by atoms with Crippen LogP contribution in [0.1, 0.15) is 24.3 Å². The van der Waals surface area contributed by atoms with Crippen molar-refractivity contribution in [2.24, 2.45) is 0 Å². The summed E-state index contributed by atoms with van der Waals surface area (Å²) in [5.74, 6) is -0.0137. The first-order chi connectivity index (χ1) is 10.7. The van der Waals surface area contributed by atoms with E-state index in [-0.39, 0.29) is 5.91 Å². The molecule has 1 aliphatic heterocycles. The Labute approximate surface area is 139 Å². The molecule has 0 aliphatic carbocycles. The normalized spacial score (nSPS) is 14.3. The van der Waals surface area contributed by atoms with Crippen LogP contribution < -0.4 is 10.2 Å². The number of nitrogens with one attached hydrogen (secondary N) is 1. The zero-order chi connectivity index (χ0) is 15.4. The maximum absolute atomic E-state index is 12.0. The molecule has 0 saturated carbocycles. The number of hydrogen-bond acceptors (Lipinski definition) is 4. The molecular weight excluding hydrogens is 318 g/mol. The van der Waals surface area contributed by atoms with Crippen molar-refractivity contribution < 1.29 is 4.79 Å². The standard InChI is InChI=1S/C16H18ClN3OS/c17-13-11-12(3-4-14(13)20-8-1-2-9-20)19-15(21)5-6-16-18-7-10-22-16/h3-4,7,10-11H,1-2,5-6,8-9H2,(H,19,21). The van der Waals surface area contributed by atoms with Crippen molar-refractivity contribution in [2.75, 3.05) is 23.3 Å². The van der Waals surface area contributed by atoms with Gasteiger partial charge in [0.1, 0.15) is 0 Å². The molecule has 116 valence electrons. The summed E-state index contributed by atoms with van der Waals surface area (Å²) in [6.45, 7) is 2.11. The minimum Gasteiger partial charge on any atom is -0.370 e. The van der Waals surface area contributed by atoms with Crippen LogP contribution in [0.4, 0.5) is 11.4 Å². The smallest absolute Gasteiger partial charge is 0.224 e. The van der Waals surface area contributed by atoms with Crippen LogP contribution in [-0.4, -0.2) is 24.0 Å². The van der Waals surface area contributed by atoms with E-state index < -0.39 is 0 Å². The molecule has 22 heavy (non-hydrogen) atoms. The maximum atomic E-state index is 12.0. The third kappa shape index (κ3) is 3.78. The van der Waals surface area contributed by atoms with Crippen molar-refractivity contribution in [1.29, 1.82) is 0 Å². The predicted octanol–water partition coefficient (Wildman–Crippen LogP) is 3.97. The summed E-state index contributed by atoms with van der Waals surface area (Å²) < 4.78 is 0. The zero-order valence-corrected chi connectivity index (χ0v) is 13.8. The molecule has 3 rings (SSSR count). The highest BCUT2D eigenvalue weighted by atomic mass is 35.5. The van der Waals surface area contributed by atoms with Crippen molar-refractivity contribution >= 4 is 40.2 Å². The fourth-order valence-electron chi connectivity index (χ4n) is 2.62. The Morgan fingerprint density at radius 1 is 1.36 bits per heavy atom. The van der Waals surface area contributed by atoms with E-state index in [1.54, 1.807) is 17.5 Å². The van der Waals surface area contributed by atoms with Crippen LogP contribution in [0.25, 0.3) is 0 Å². The second-order valence-corrected chi connectivity index (χ2v) is 6.72. The number of aryl methyl sites for hydroxylation is 1. The highest BCUT2D eigenvalue weighted by Gasteiger charge is 2.15. The Kier molecular flexibility index (Phi) is 4.95. The molecule has 0 unspecified atom stereocenters. The molecule has 1 fully saturated rings. The van der Waals surface area contributed by atoms with E-state index in [9.17, 15) is 4.79 Å². The topological polar surface area (TPSA) is 45.2 Å². The molecule has 2 heterocycles. The van der Waals surface area contributed by atoms with Gasteiger partial charge in [0.05, 0.1) is 15.7 Å². The molecule has 1 N–H and O–H groups in total. The van der Waals surface area contributed by atoms with Crippen LogP contribution in [0.15, 0.2) is 29.8 Å². The van der Waals surface area contributed by atoms with Gasteiger partial charge in [-0.25, -0.2) is 4.98 Å². The summed E-state index contributed by atoms with van der Waals surface area (Å²) in [5.41, 5.74) is 1.80. The molecule has 0 radical (unpaired) electrons. The number of hydrogen-bond donors (Lipinski definition) is 1. The van der Waals surface area contributed by atoms with Crippen molar-refractivity contribution in [3.8, 4) is 0 Å². The molecule has 1 aromatic heterocycles. The quantitative estimate of drug-likeness (QED) is 0.899. The second kappa shape index (κ2) is 7.11. The number of anilines is 2. The summed E-state index contributed by atoms with van der Waals surface area (Å²) in [6.07, 6.45) is 5.29. The highest BCUT2D eigenvalue weighted by Crippen LogP contribution is 2.31. The number of benzene rings is 1. The van der Waals surface area contributed by atoms with E-state index in [2.05, 4.69) is 15.2 Å². The number of carbonyl (C=O) groups is 1. The largest absolute Gasteiger partial charge is 0.370 e. The van der Waals surface area contributed by atoms with E-state index in [0.29, 0.717) is 17.9 Å². The number of rotatable bonds is 5. The number of thiazole rings is 1. The molecule has 1 aromatic carbocycles. The number of amides is 1. The van der Waals surface area contributed by atoms with Gasteiger partial charge in [-0.2, -0.15) is 0 Å². The highest BCUT2D eigenvalue weighted by molar-refractivity contribution is 7.09. The first kappa shape index (κ1) is 15.3. The number of halogens is 1. The van der Waals surface area contributed by atoms with E-state index in [0.717, 1.165) is 29.5 Å². The van der Waals surface area contributed by atoms with Gasteiger partial charge >= 0.3 is 0 Å². The first-order valence-electron chi connectivity index (χ1n) is 7.45. The Hall–Kier alpha value is -1.59. The summed E-state index contributed by atoms with van der Waals surface area (Å²) in [7, 11) is 0. The molecule has 1 saturated heterocycles. The van der Waals surface area contributed by atoms with E-state index in [1.807, 2.05) is 23.6 Å². The maximum Gasteiger partial charge on any atom is 0.224 e. The number of nitrogens with zero attached hydrogens (tertiary/aromatic N) is 2. The van der Waals surface area contributed by atoms with Crippen LogP contribution in [0.5, 0.6) is 0 Å². The fourth-order valence-corrected chi connectivity index (χ4v) is 3.54. The first-order valence-corrected chi connectivity index (χ1v) is 8.71. The van der Waals surface area contributed by atoms with Crippen molar-refractivity contribution in [3.05, 3.63) is 39.8 Å². The summed E-state index contributed by atoms with van der Waals surface area (Å²) >= 11 is 7.92. The minimum absolute atomic E-state index is 0.0137. The van der Waals surface area contributed by atoms with Crippen LogP contribution in [0.2, 0.25) is 5.02 Å². The van der Waals surface area contributed by atoms with Crippen LogP contribution in [0, 0.1) is 0 Å². The second-order valence-electron chi connectivity index (χ2n) is 5.33. The lowest BCUT2D eigenvalue weighted by molar-refractivity contribution is -0.116. The van der Waals surface area contributed by atoms with Gasteiger partial charge in [0, 0.05) is 43.2 Å². The van der Waals surface area contributed by atoms with Gasteiger partial charge in [0.2, 0.25) is 5.91 Å². The molecule has 2 aromatic rings. The van der Waals surface area contributed by atoms with Gasteiger partial charge in [0.15, 0.2) is 0 Å². The Bertz CT molecular complexity index is 639. The lowest BCUT2D eigenvalue weighted by Gasteiger charge is -2.19. The summed E-state index contributed by atoms with van der Waals surface area (Å²) in [5, 5.41) is 6.50. The Morgan fingerprint density at radius 2 is 2.18 bits per heavy atom. The zero-order valence-electron chi connectivity index (χ0n) is 12.2. The predicted molar refractivity (Wildman–Crippen MR) is 92.0 cm³/mol. The average molecular weight is 336 g/mol. The number of carbonyl (C=O) groups excluding carboxylic acids is 1. The Balaban J connectivity index is 1.57. The van der Waals surface area contributed by atoms with Crippen LogP contribution >= 0.6 is 22.9 Å². The molecule has 0 bridgehead atoms. The third-order valence-electron chi connectivity index (χ3n) is 3.73.